The number of fused-ring (bicyclic) bond motifs is 6. The second-order valence-corrected chi connectivity index (χ2v) is 12.1. The Bertz CT molecular complexity index is 633. The molecule has 0 aromatic carbocycles. The lowest BCUT2D eigenvalue weighted by atomic mass is 9.44. The van der Waals surface area contributed by atoms with Crippen LogP contribution in [0.1, 0.15) is 65.2 Å². The number of rotatable bonds is 1. The van der Waals surface area contributed by atoms with Crippen LogP contribution in [0.15, 0.2) is 0 Å². The third kappa shape index (κ3) is 2.46. The fourth-order valence-electron chi connectivity index (χ4n) is 8.31. The van der Waals surface area contributed by atoms with Gasteiger partial charge >= 0.3 is 12.1 Å². The van der Waals surface area contributed by atoms with E-state index >= 15 is 0 Å². The van der Waals surface area contributed by atoms with Gasteiger partial charge in [0.15, 0.2) is 0 Å². The first-order valence-electron chi connectivity index (χ1n) is 10.6. The van der Waals surface area contributed by atoms with E-state index in [1.165, 1.54) is 12.8 Å². The van der Waals surface area contributed by atoms with Gasteiger partial charge < -0.3 is 0 Å². The Morgan fingerprint density at radius 1 is 0.815 bits per heavy atom. The summed E-state index contributed by atoms with van der Waals surface area (Å²) in [5, 5.41) is 1.62. The van der Waals surface area contributed by atoms with Crippen molar-refractivity contribution >= 4 is 11.8 Å². The smallest absolute Gasteiger partial charge is 0.196 e. The largest absolute Gasteiger partial charge is 0.453 e. The van der Waals surface area contributed by atoms with Crippen LogP contribution < -0.4 is 0 Å². The van der Waals surface area contributed by atoms with Gasteiger partial charge in [0.1, 0.15) is 0 Å². The molecular weight excluding hydrogens is 379 g/mol. The fourth-order valence-corrected chi connectivity index (χ4v) is 9.68. The molecule has 5 rings (SSSR count). The Morgan fingerprint density at radius 3 is 2.22 bits per heavy atom. The molecule has 0 nitrogen and oxygen atoms in total. The van der Waals surface area contributed by atoms with Crippen LogP contribution in [0.3, 0.4) is 0 Å². The normalized spacial score (nSPS) is 54.6. The van der Waals surface area contributed by atoms with Gasteiger partial charge in [-0.05, 0) is 85.9 Å². The fraction of sp³-hybridized carbons (Fsp3) is 1.00. The second-order valence-electron chi connectivity index (χ2n) is 10.6. The third-order valence-corrected chi connectivity index (χ3v) is 11.1. The predicted molar refractivity (Wildman–Crippen MR) is 96.8 cm³/mol. The van der Waals surface area contributed by atoms with Crippen molar-refractivity contribution < 1.29 is 22.0 Å². The highest BCUT2D eigenvalue weighted by molar-refractivity contribution is 8.07. The molecule has 0 N–H and O–H groups in total. The Balaban J connectivity index is 1.43. The second kappa shape index (κ2) is 5.57. The molecule has 0 spiro atoms. The molecule has 0 unspecified atom stereocenters. The number of hydrogen-bond acceptors (Lipinski definition) is 1. The van der Waals surface area contributed by atoms with E-state index in [0.29, 0.717) is 24.7 Å². The molecule has 1 heterocycles. The minimum absolute atomic E-state index is 0.0254. The van der Waals surface area contributed by atoms with Gasteiger partial charge in [0, 0.05) is 16.4 Å². The molecule has 0 radical (unpaired) electrons. The van der Waals surface area contributed by atoms with Crippen LogP contribution in [-0.4, -0.2) is 22.6 Å². The van der Waals surface area contributed by atoms with E-state index in [0.717, 1.165) is 35.7 Å². The van der Waals surface area contributed by atoms with E-state index in [-0.39, 0.29) is 17.8 Å². The molecule has 5 fully saturated rings. The Hall–Kier alpha value is -0.0000000000000000555. The molecule has 0 amide bonds. The van der Waals surface area contributed by atoms with Crippen molar-refractivity contribution in [3.8, 4) is 0 Å². The highest BCUT2D eigenvalue weighted by atomic mass is 32.2. The van der Waals surface area contributed by atoms with Gasteiger partial charge in [-0.25, -0.2) is 0 Å². The standard InChI is InChI=1S/C21H29F5S/c1-18-8-7-14-12(4-3-11-9-15-16(27-15)10-19(11,14)2)13(18)5-6-17(18)20(22,23)21(24,25)26/h11-17H,3-10H2,1-2H3/t11-,12-,13-,14-,15-,16+,17+,18-,19-/m0/s1. The maximum atomic E-state index is 14.3. The molecule has 5 aliphatic rings. The van der Waals surface area contributed by atoms with E-state index in [4.69, 9.17) is 0 Å². The van der Waals surface area contributed by atoms with Crippen LogP contribution in [-0.2, 0) is 0 Å². The van der Waals surface area contributed by atoms with Crippen LogP contribution in [0, 0.1) is 40.4 Å². The van der Waals surface area contributed by atoms with Gasteiger partial charge in [0.05, 0.1) is 0 Å². The molecule has 0 aromatic heterocycles. The quantitative estimate of drug-likeness (QED) is 0.335. The molecule has 9 atom stereocenters. The third-order valence-electron chi connectivity index (χ3n) is 9.73. The zero-order chi connectivity index (χ0) is 19.4. The van der Waals surface area contributed by atoms with Gasteiger partial charge in [-0.2, -0.15) is 33.7 Å². The molecule has 154 valence electrons. The van der Waals surface area contributed by atoms with Crippen molar-refractivity contribution in [2.45, 2.75) is 87.8 Å². The molecule has 4 saturated carbocycles. The Labute approximate surface area is 162 Å². The molecule has 1 saturated heterocycles. The van der Waals surface area contributed by atoms with Crippen LogP contribution in [0.25, 0.3) is 0 Å². The highest BCUT2D eigenvalue weighted by Crippen LogP contribution is 2.72. The van der Waals surface area contributed by atoms with Crippen LogP contribution >= 0.6 is 11.8 Å². The molecule has 1 aliphatic heterocycles. The molecule has 0 bridgehead atoms. The summed E-state index contributed by atoms with van der Waals surface area (Å²) in [5.41, 5.74) is -0.589. The van der Waals surface area contributed by atoms with Crippen molar-refractivity contribution in [3.63, 3.8) is 0 Å². The van der Waals surface area contributed by atoms with Gasteiger partial charge in [0.25, 0.3) is 0 Å². The number of hydrogen-bond donors (Lipinski definition) is 0. The van der Waals surface area contributed by atoms with Crippen molar-refractivity contribution in [1.29, 1.82) is 0 Å². The lowest BCUT2D eigenvalue weighted by Crippen LogP contribution is -2.56. The van der Waals surface area contributed by atoms with Gasteiger partial charge in [-0.1, -0.05) is 13.8 Å². The van der Waals surface area contributed by atoms with E-state index < -0.39 is 23.4 Å². The Kier molecular flexibility index (Phi) is 3.92. The van der Waals surface area contributed by atoms with E-state index in [2.05, 4.69) is 18.7 Å². The highest BCUT2D eigenvalue weighted by Gasteiger charge is 2.71. The zero-order valence-corrected chi connectivity index (χ0v) is 16.8. The van der Waals surface area contributed by atoms with Crippen molar-refractivity contribution in [2.75, 3.05) is 0 Å². The summed E-state index contributed by atoms with van der Waals surface area (Å²) in [6.07, 6.45) is 1.25. The first-order valence-corrected chi connectivity index (χ1v) is 11.5. The van der Waals surface area contributed by atoms with Gasteiger partial charge in [-0.3, -0.25) is 0 Å². The maximum absolute atomic E-state index is 14.3. The topological polar surface area (TPSA) is 0 Å². The zero-order valence-electron chi connectivity index (χ0n) is 16.0. The molecule has 6 heteroatoms. The molecule has 0 aromatic rings. The van der Waals surface area contributed by atoms with E-state index in [1.807, 2.05) is 0 Å². The van der Waals surface area contributed by atoms with Gasteiger partial charge in [0.2, 0.25) is 0 Å². The van der Waals surface area contributed by atoms with Crippen molar-refractivity contribution in [3.05, 3.63) is 0 Å². The number of halogens is 5. The summed E-state index contributed by atoms with van der Waals surface area (Å²) in [4.78, 5) is 0. The molecular formula is C21H29F5S. The summed E-state index contributed by atoms with van der Waals surface area (Å²) >= 11 is 2.10. The van der Waals surface area contributed by atoms with Crippen LogP contribution in [0.4, 0.5) is 22.0 Å². The van der Waals surface area contributed by atoms with E-state index in [1.54, 1.807) is 6.92 Å². The van der Waals surface area contributed by atoms with E-state index in [9.17, 15) is 22.0 Å². The monoisotopic (exact) mass is 408 g/mol. The van der Waals surface area contributed by atoms with Crippen LogP contribution in [0.5, 0.6) is 0 Å². The maximum Gasteiger partial charge on any atom is 0.453 e. The SMILES string of the molecule is C[C@]12C[C@H]3S[C@H]3C[C@@H]1CC[C@@H]1[C@@H]2CC[C@@]2(C)[C@H]1CC[C@H]2C(F)(F)C(F)(F)F. The van der Waals surface area contributed by atoms with Crippen molar-refractivity contribution in [2.24, 2.45) is 40.4 Å². The van der Waals surface area contributed by atoms with Gasteiger partial charge in [-0.15, -0.1) is 0 Å². The number of alkyl halides is 5. The first kappa shape index (κ1) is 19.0. The minimum atomic E-state index is -5.43. The first-order chi connectivity index (χ1) is 12.5. The summed E-state index contributed by atoms with van der Waals surface area (Å²) in [7, 11) is 0. The lowest BCUT2D eigenvalue weighted by Gasteiger charge is -2.60. The lowest BCUT2D eigenvalue weighted by molar-refractivity contribution is -0.316. The van der Waals surface area contributed by atoms with Crippen LogP contribution in [0.2, 0.25) is 0 Å². The van der Waals surface area contributed by atoms with Crippen molar-refractivity contribution in [1.82, 2.24) is 0 Å². The summed E-state index contributed by atoms with van der Waals surface area (Å²) in [5.74, 6) is -4.47. The minimum Gasteiger partial charge on any atom is -0.196 e. The summed E-state index contributed by atoms with van der Waals surface area (Å²) < 4.78 is 68.1. The Morgan fingerprint density at radius 2 is 1.52 bits per heavy atom. The average molecular weight is 409 g/mol. The summed E-state index contributed by atoms with van der Waals surface area (Å²) in [6, 6.07) is 0. The molecule has 4 aliphatic carbocycles. The molecule has 27 heavy (non-hydrogen) atoms. The number of thioether (sulfide) groups is 1. The summed E-state index contributed by atoms with van der Waals surface area (Å²) in [6.45, 7) is 4.18. The predicted octanol–water partition coefficient (Wildman–Crippen LogP) is 6.94. The average Bonchev–Trinajstić information content (AvgIpc) is 3.19.